The molecule has 1 N–H and O–H groups in total. The zero-order valence-corrected chi connectivity index (χ0v) is 13.0. The largest absolute Gasteiger partial charge is 0.420 e. The van der Waals surface area contributed by atoms with Crippen molar-refractivity contribution in [1.82, 2.24) is 14.8 Å². The summed E-state index contributed by atoms with van der Waals surface area (Å²) < 4.78 is 6.58. The molecule has 1 amide bonds. The summed E-state index contributed by atoms with van der Waals surface area (Å²) in [5.74, 6) is -0.593. The van der Waals surface area contributed by atoms with Crippen LogP contribution < -0.4 is 11.1 Å². The molecular formula is C17H21N3O3. The standard InChI is InChI=1S/C17H21N3O3/c21-16(18-12-5-3-9-19-10-4-7-13(12)19)11-20-14-6-1-2-8-15(14)23-17(20)22/h1-2,6,8,12-13H,3-5,7,9-11H2,(H,18,21). The first-order valence-electron chi connectivity index (χ1n) is 8.34. The summed E-state index contributed by atoms with van der Waals surface area (Å²) in [4.78, 5) is 26.9. The molecule has 2 unspecified atom stereocenters. The molecule has 2 aromatic rings. The van der Waals surface area contributed by atoms with E-state index in [0.717, 1.165) is 32.4 Å². The van der Waals surface area contributed by atoms with Crippen LogP contribution in [0.2, 0.25) is 0 Å². The predicted molar refractivity (Wildman–Crippen MR) is 86.2 cm³/mol. The van der Waals surface area contributed by atoms with Gasteiger partial charge in [-0.15, -0.1) is 0 Å². The second kappa shape index (κ2) is 5.85. The molecule has 0 aliphatic carbocycles. The fourth-order valence-electron chi connectivity index (χ4n) is 4.02. The van der Waals surface area contributed by atoms with E-state index in [2.05, 4.69) is 10.2 Å². The van der Waals surface area contributed by atoms with Gasteiger partial charge in [0.2, 0.25) is 5.91 Å². The van der Waals surface area contributed by atoms with Gasteiger partial charge in [-0.05, 0) is 50.9 Å². The quantitative estimate of drug-likeness (QED) is 0.928. The Hall–Kier alpha value is -2.08. The van der Waals surface area contributed by atoms with Crippen molar-refractivity contribution in [3.8, 4) is 0 Å². The maximum Gasteiger partial charge on any atom is 0.420 e. The minimum absolute atomic E-state index is 0.0130. The van der Waals surface area contributed by atoms with E-state index in [1.165, 1.54) is 11.0 Å². The molecular weight excluding hydrogens is 294 g/mol. The van der Waals surface area contributed by atoms with E-state index in [9.17, 15) is 9.59 Å². The van der Waals surface area contributed by atoms with Gasteiger partial charge in [0.25, 0.3) is 0 Å². The summed E-state index contributed by atoms with van der Waals surface area (Å²) in [6.07, 6.45) is 4.51. The molecule has 2 atom stereocenters. The normalized spacial score (nSPS) is 24.7. The number of amides is 1. The van der Waals surface area contributed by atoms with Gasteiger partial charge in [0.05, 0.1) is 5.52 Å². The Morgan fingerprint density at radius 3 is 2.87 bits per heavy atom. The topological polar surface area (TPSA) is 67.5 Å². The maximum absolute atomic E-state index is 12.4. The van der Waals surface area contributed by atoms with E-state index in [1.807, 2.05) is 12.1 Å². The van der Waals surface area contributed by atoms with Crippen molar-refractivity contribution in [3.05, 3.63) is 34.8 Å². The number of para-hydroxylation sites is 2. The van der Waals surface area contributed by atoms with Gasteiger partial charge in [0, 0.05) is 12.1 Å². The van der Waals surface area contributed by atoms with Gasteiger partial charge in [-0.1, -0.05) is 12.1 Å². The van der Waals surface area contributed by atoms with Crippen LogP contribution in [-0.2, 0) is 11.3 Å². The van der Waals surface area contributed by atoms with Crippen LogP contribution in [0.25, 0.3) is 11.1 Å². The summed E-state index contributed by atoms with van der Waals surface area (Å²) in [5, 5.41) is 3.14. The lowest BCUT2D eigenvalue weighted by Gasteiger charge is -2.37. The molecule has 4 rings (SSSR count). The fourth-order valence-corrected chi connectivity index (χ4v) is 4.02. The molecule has 0 saturated carbocycles. The maximum atomic E-state index is 12.4. The van der Waals surface area contributed by atoms with Crippen molar-refractivity contribution in [2.45, 2.75) is 44.3 Å². The molecule has 0 radical (unpaired) electrons. The smallest absolute Gasteiger partial charge is 0.408 e. The number of fused-ring (bicyclic) bond motifs is 2. The number of nitrogens with zero attached hydrogens (tertiary/aromatic N) is 2. The van der Waals surface area contributed by atoms with Crippen molar-refractivity contribution in [1.29, 1.82) is 0 Å². The van der Waals surface area contributed by atoms with Crippen LogP contribution in [0.15, 0.2) is 33.5 Å². The van der Waals surface area contributed by atoms with Crippen molar-refractivity contribution < 1.29 is 9.21 Å². The minimum Gasteiger partial charge on any atom is -0.408 e. The van der Waals surface area contributed by atoms with Crippen molar-refractivity contribution in [2.24, 2.45) is 0 Å². The molecule has 3 heterocycles. The average molecular weight is 315 g/mol. The lowest BCUT2D eigenvalue weighted by atomic mass is 9.96. The number of oxazole rings is 1. The Morgan fingerprint density at radius 1 is 1.22 bits per heavy atom. The predicted octanol–water partition coefficient (Wildman–Crippen LogP) is 1.34. The Bertz CT molecular complexity index is 779. The highest BCUT2D eigenvalue weighted by Gasteiger charge is 2.35. The number of rotatable bonds is 3. The van der Waals surface area contributed by atoms with Crippen LogP contribution >= 0.6 is 0 Å². The molecule has 1 aromatic carbocycles. The fraction of sp³-hybridized carbons (Fsp3) is 0.529. The summed E-state index contributed by atoms with van der Waals surface area (Å²) in [5.41, 5.74) is 1.18. The van der Waals surface area contributed by atoms with Gasteiger partial charge in [0.15, 0.2) is 5.58 Å². The second-order valence-corrected chi connectivity index (χ2v) is 6.48. The number of hydrogen-bond donors (Lipinski definition) is 1. The first-order chi connectivity index (χ1) is 11.2. The molecule has 6 nitrogen and oxygen atoms in total. The van der Waals surface area contributed by atoms with E-state index in [0.29, 0.717) is 17.1 Å². The van der Waals surface area contributed by atoms with Gasteiger partial charge in [-0.2, -0.15) is 0 Å². The van der Waals surface area contributed by atoms with Gasteiger partial charge in [-0.3, -0.25) is 14.3 Å². The number of aromatic nitrogens is 1. The molecule has 2 aliphatic heterocycles. The van der Waals surface area contributed by atoms with Crippen LogP contribution in [0.5, 0.6) is 0 Å². The highest BCUT2D eigenvalue weighted by Crippen LogP contribution is 2.27. The summed E-state index contributed by atoms with van der Waals surface area (Å²) in [6.45, 7) is 2.30. The van der Waals surface area contributed by atoms with Gasteiger partial charge < -0.3 is 9.73 Å². The first-order valence-corrected chi connectivity index (χ1v) is 8.34. The lowest BCUT2D eigenvalue weighted by molar-refractivity contribution is -0.123. The Kier molecular flexibility index (Phi) is 3.69. The molecule has 1 aromatic heterocycles. The van der Waals surface area contributed by atoms with Crippen molar-refractivity contribution in [3.63, 3.8) is 0 Å². The molecule has 2 aliphatic rings. The van der Waals surface area contributed by atoms with Gasteiger partial charge in [0.1, 0.15) is 6.54 Å². The zero-order chi connectivity index (χ0) is 15.8. The number of carbonyl (C=O) groups excluding carboxylic acids is 1. The van der Waals surface area contributed by atoms with Crippen molar-refractivity contribution in [2.75, 3.05) is 13.1 Å². The third-order valence-corrected chi connectivity index (χ3v) is 5.06. The summed E-state index contributed by atoms with van der Waals surface area (Å²) in [7, 11) is 0. The SMILES string of the molecule is O=C(Cn1c(=O)oc2ccccc21)NC1CCCN2CCCC12. The first kappa shape index (κ1) is 14.5. The molecule has 23 heavy (non-hydrogen) atoms. The molecule has 6 heteroatoms. The van der Waals surface area contributed by atoms with Crippen molar-refractivity contribution >= 4 is 17.0 Å². The number of benzene rings is 1. The monoisotopic (exact) mass is 315 g/mol. The van der Waals surface area contributed by atoms with E-state index in [4.69, 9.17) is 4.42 Å². The van der Waals surface area contributed by atoms with E-state index in [1.54, 1.807) is 12.1 Å². The molecule has 0 bridgehead atoms. The average Bonchev–Trinajstić information content (AvgIpc) is 3.13. The number of piperidine rings is 1. The molecule has 0 spiro atoms. The van der Waals surface area contributed by atoms with Crippen LogP contribution in [0, 0.1) is 0 Å². The van der Waals surface area contributed by atoms with Crippen LogP contribution in [0.4, 0.5) is 0 Å². The van der Waals surface area contributed by atoms with E-state index >= 15 is 0 Å². The highest BCUT2D eigenvalue weighted by molar-refractivity contribution is 5.79. The van der Waals surface area contributed by atoms with Crippen LogP contribution in [0.1, 0.15) is 25.7 Å². The minimum atomic E-state index is -0.479. The molecule has 2 fully saturated rings. The Morgan fingerprint density at radius 2 is 2.00 bits per heavy atom. The van der Waals surface area contributed by atoms with Crippen LogP contribution in [-0.4, -0.2) is 40.5 Å². The number of carbonyl (C=O) groups is 1. The number of hydrogen-bond acceptors (Lipinski definition) is 4. The third kappa shape index (κ3) is 2.67. The van der Waals surface area contributed by atoms with Gasteiger partial charge >= 0.3 is 5.76 Å². The lowest BCUT2D eigenvalue weighted by Crippen LogP contribution is -2.53. The second-order valence-electron chi connectivity index (χ2n) is 6.48. The zero-order valence-electron chi connectivity index (χ0n) is 13.0. The van der Waals surface area contributed by atoms with Crippen LogP contribution in [0.3, 0.4) is 0 Å². The molecule has 2 saturated heterocycles. The van der Waals surface area contributed by atoms with Gasteiger partial charge in [-0.25, -0.2) is 4.79 Å². The Balaban J connectivity index is 1.49. The van der Waals surface area contributed by atoms with E-state index < -0.39 is 5.76 Å². The highest BCUT2D eigenvalue weighted by atomic mass is 16.4. The number of nitrogens with one attached hydrogen (secondary N) is 1. The summed E-state index contributed by atoms with van der Waals surface area (Å²) >= 11 is 0. The Labute approximate surface area is 134 Å². The third-order valence-electron chi connectivity index (χ3n) is 5.06. The van der Waals surface area contributed by atoms with E-state index in [-0.39, 0.29) is 18.5 Å². The molecule has 122 valence electrons. The summed E-state index contributed by atoms with van der Waals surface area (Å²) in [6, 6.07) is 7.85.